The average Bonchev–Trinajstić information content (AvgIpc) is 3.12. The Labute approximate surface area is 129 Å². The minimum atomic E-state index is -0.384. The number of carbonyl (C=O) groups is 2. The third-order valence-corrected chi connectivity index (χ3v) is 4.18. The number of fused-ring (bicyclic) bond motifs is 1. The van der Waals surface area contributed by atoms with E-state index in [1.807, 2.05) is 0 Å². The summed E-state index contributed by atoms with van der Waals surface area (Å²) in [6.07, 6.45) is 2.03. The second-order valence-corrected chi connectivity index (χ2v) is 5.63. The maximum Gasteiger partial charge on any atom is 0.356 e. The van der Waals surface area contributed by atoms with E-state index in [4.69, 9.17) is 9.47 Å². The van der Waals surface area contributed by atoms with Crippen molar-refractivity contribution in [3.8, 4) is 0 Å². The average molecular weight is 307 g/mol. The molecule has 2 aliphatic rings. The van der Waals surface area contributed by atoms with E-state index >= 15 is 0 Å². The summed E-state index contributed by atoms with van der Waals surface area (Å²) in [5.41, 5.74) is 2.13. The van der Waals surface area contributed by atoms with Gasteiger partial charge >= 0.3 is 5.97 Å². The van der Waals surface area contributed by atoms with Crippen LogP contribution in [0.4, 0.5) is 0 Å². The zero-order chi connectivity index (χ0) is 15.7. The van der Waals surface area contributed by atoms with E-state index in [1.54, 1.807) is 23.6 Å². The Balaban J connectivity index is 1.82. The highest BCUT2D eigenvalue weighted by molar-refractivity contribution is 5.90. The molecule has 1 saturated heterocycles. The van der Waals surface area contributed by atoms with E-state index in [0.717, 1.165) is 24.1 Å². The fraction of sp³-hybridized carbons (Fsp3) is 0.667. The van der Waals surface area contributed by atoms with Gasteiger partial charge in [-0.1, -0.05) is 0 Å². The number of amides is 1. The third-order valence-electron chi connectivity index (χ3n) is 4.18. The number of carbonyl (C=O) groups excluding carboxylic acids is 2. The molecule has 1 aromatic rings. The molecule has 1 aromatic heterocycles. The maximum absolute atomic E-state index is 12.5. The molecule has 7 heteroatoms. The number of esters is 1. The molecule has 0 N–H and O–H groups in total. The van der Waals surface area contributed by atoms with Crippen LogP contribution in [0, 0.1) is 0 Å². The monoisotopic (exact) mass is 307 g/mol. The summed E-state index contributed by atoms with van der Waals surface area (Å²) < 4.78 is 12.1. The van der Waals surface area contributed by atoms with Crippen molar-refractivity contribution in [3.05, 3.63) is 17.0 Å². The van der Waals surface area contributed by atoms with Gasteiger partial charge in [0.15, 0.2) is 5.69 Å². The quantitative estimate of drug-likeness (QED) is 0.767. The molecular weight excluding hydrogens is 286 g/mol. The lowest BCUT2D eigenvalue weighted by Gasteiger charge is -2.28. The molecule has 0 spiro atoms. The first-order chi connectivity index (χ1) is 10.6. The summed E-state index contributed by atoms with van der Waals surface area (Å²) in [5.74, 6) is -0.369. The van der Waals surface area contributed by atoms with Gasteiger partial charge in [0, 0.05) is 38.7 Å². The van der Waals surface area contributed by atoms with Gasteiger partial charge in [-0.2, -0.15) is 5.10 Å². The third kappa shape index (κ3) is 2.61. The first-order valence-electron chi connectivity index (χ1n) is 7.74. The Morgan fingerprint density at radius 1 is 1.45 bits per heavy atom. The van der Waals surface area contributed by atoms with E-state index in [9.17, 15) is 9.59 Å². The van der Waals surface area contributed by atoms with Crippen LogP contribution in [0.25, 0.3) is 0 Å². The Hall–Kier alpha value is -1.89. The Kier molecular flexibility index (Phi) is 4.15. The van der Waals surface area contributed by atoms with Crippen LogP contribution in [0.2, 0.25) is 0 Å². The van der Waals surface area contributed by atoms with Crippen molar-refractivity contribution < 1.29 is 19.1 Å². The summed E-state index contributed by atoms with van der Waals surface area (Å²) in [6, 6.07) is 0. The first-order valence-corrected chi connectivity index (χ1v) is 7.74. The van der Waals surface area contributed by atoms with Crippen LogP contribution in [0.5, 0.6) is 0 Å². The smallest absolute Gasteiger partial charge is 0.356 e. The normalized spacial score (nSPS) is 20.8. The second kappa shape index (κ2) is 6.08. The fourth-order valence-electron chi connectivity index (χ4n) is 3.12. The molecule has 0 aliphatic carbocycles. The highest BCUT2D eigenvalue weighted by atomic mass is 16.5. The van der Waals surface area contributed by atoms with Crippen LogP contribution in [-0.2, 0) is 34.3 Å². The Morgan fingerprint density at radius 2 is 2.27 bits per heavy atom. The molecule has 0 bridgehead atoms. The van der Waals surface area contributed by atoms with Crippen molar-refractivity contribution in [2.45, 2.75) is 38.8 Å². The summed E-state index contributed by atoms with van der Waals surface area (Å²) in [6.45, 7) is 3.75. The van der Waals surface area contributed by atoms with Crippen LogP contribution in [0.15, 0.2) is 0 Å². The number of hydrogen-bond acceptors (Lipinski definition) is 5. The molecule has 1 atom stereocenters. The lowest BCUT2D eigenvalue weighted by molar-refractivity contribution is -0.141. The van der Waals surface area contributed by atoms with Crippen molar-refractivity contribution in [3.63, 3.8) is 0 Å². The Morgan fingerprint density at radius 3 is 2.95 bits per heavy atom. The van der Waals surface area contributed by atoms with Crippen molar-refractivity contribution in [1.82, 2.24) is 14.7 Å². The predicted molar refractivity (Wildman–Crippen MR) is 77.3 cm³/mol. The minimum absolute atomic E-state index is 0.0156. The minimum Gasteiger partial charge on any atom is -0.461 e. The van der Waals surface area contributed by atoms with Gasteiger partial charge in [-0.3, -0.25) is 9.48 Å². The maximum atomic E-state index is 12.5. The topological polar surface area (TPSA) is 73.7 Å². The van der Waals surface area contributed by atoms with E-state index in [2.05, 4.69) is 5.10 Å². The molecular formula is C15H21N3O4. The predicted octanol–water partition coefficient (Wildman–Crippen LogP) is 0.660. The van der Waals surface area contributed by atoms with Crippen LogP contribution in [-0.4, -0.2) is 52.4 Å². The van der Waals surface area contributed by atoms with Crippen molar-refractivity contribution in [2.24, 2.45) is 7.05 Å². The second-order valence-electron chi connectivity index (χ2n) is 5.63. The molecule has 120 valence electrons. The molecule has 1 amide bonds. The number of aryl methyl sites for hydroxylation is 1. The van der Waals surface area contributed by atoms with Gasteiger partial charge < -0.3 is 14.4 Å². The number of ether oxygens (including phenoxy) is 2. The SMILES string of the molecule is CCOC(=O)c1c2c(nn1C)CCN(C(=O)C1CCCO1)C2. The van der Waals surface area contributed by atoms with Gasteiger partial charge in [-0.25, -0.2) is 4.79 Å². The van der Waals surface area contributed by atoms with Gasteiger partial charge in [-0.15, -0.1) is 0 Å². The summed E-state index contributed by atoms with van der Waals surface area (Å²) in [5, 5.41) is 4.39. The molecule has 1 unspecified atom stereocenters. The molecule has 1 fully saturated rings. The molecule has 2 aliphatic heterocycles. The van der Waals surface area contributed by atoms with Crippen LogP contribution < -0.4 is 0 Å². The van der Waals surface area contributed by atoms with Crippen LogP contribution in [0.3, 0.4) is 0 Å². The summed E-state index contributed by atoms with van der Waals surface area (Å²) >= 11 is 0. The molecule has 0 aromatic carbocycles. The van der Waals surface area contributed by atoms with Crippen molar-refractivity contribution in [2.75, 3.05) is 19.8 Å². The highest BCUT2D eigenvalue weighted by Gasteiger charge is 2.34. The number of rotatable bonds is 3. The molecule has 7 nitrogen and oxygen atoms in total. The van der Waals surface area contributed by atoms with E-state index < -0.39 is 0 Å². The van der Waals surface area contributed by atoms with Gasteiger partial charge in [-0.05, 0) is 19.8 Å². The van der Waals surface area contributed by atoms with Gasteiger partial charge in [0.1, 0.15) is 6.10 Å². The first kappa shape index (κ1) is 15.0. The Bertz CT molecular complexity index is 590. The number of nitrogens with zero attached hydrogens (tertiary/aromatic N) is 3. The van der Waals surface area contributed by atoms with Gasteiger partial charge in [0.05, 0.1) is 12.3 Å². The summed E-state index contributed by atoms with van der Waals surface area (Å²) in [4.78, 5) is 26.4. The van der Waals surface area contributed by atoms with Gasteiger partial charge in [0.25, 0.3) is 5.91 Å². The fourth-order valence-corrected chi connectivity index (χ4v) is 3.12. The van der Waals surface area contributed by atoms with Crippen LogP contribution >= 0.6 is 0 Å². The number of hydrogen-bond donors (Lipinski definition) is 0. The zero-order valence-corrected chi connectivity index (χ0v) is 13.0. The molecule has 3 heterocycles. The zero-order valence-electron chi connectivity index (χ0n) is 13.0. The molecule has 0 saturated carbocycles. The van der Waals surface area contributed by atoms with E-state index in [0.29, 0.717) is 38.4 Å². The molecule has 0 radical (unpaired) electrons. The standard InChI is InChI=1S/C15H21N3O4/c1-3-21-15(20)13-10-9-18(7-6-11(10)16-17(13)2)14(19)12-5-4-8-22-12/h12H,3-9H2,1-2H3. The van der Waals surface area contributed by atoms with Crippen molar-refractivity contribution >= 4 is 11.9 Å². The van der Waals surface area contributed by atoms with E-state index in [-0.39, 0.29) is 18.0 Å². The van der Waals surface area contributed by atoms with Crippen LogP contribution in [0.1, 0.15) is 41.5 Å². The number of aromatic nitrogens is 2. The van der Waals surface area contributed by atoms with Gasteiger partial charge in [0.2, 0.25) is 0 Å². The summed E-state index contributed by atoms with van der Waals surface area (Å²) in [7, 11) is 1.73. The highest BCUT2D eigenvalue weighted by Crippen LogP contribution is 2.25. The molecule has 3 rings (SSSR count). The largest absolute Gasteiger partial charge is 0.461 e. The lowest BCUT2D eigenvalue weighted by atomic mass is 10.0. The van der Waals surface area contributed by atoms with Crippen molar-refractivity contribution in [1.29, 1.82) is 0 Å². The lowest BCUT2D eigenvalue weighted by Crippen LogP contribution is -2.42. The van der Waals surface area contributed by atoms with E-state index in [1.165, 1.54) is 0 Å². The molecule has 22 heavy (non-hydrogen) atoms.